The fraction of sp³-hybridized carbons (Fsp3) is 0.231. The zero-order valence-corrected chi connectivity index (χ0v) is 12.0. The van der Waals surface area contributed by atoms with Crippen LogP contribution in [0.4, 0.5) is 0 Å². The van der Waals surface area contributed by atoms with E-state index >= 15 is 0 Å². The second-order valence-electron chi connectivity index (χ2n) is 3.76. The first-order chi connectivity index (χ1) is 8.13. The molecule has 1 heterocycles. The molecule has 0 amide bonds. The number of thiophene rings is 1. The number of methoxy groups -OCH3 is 1. The topological polar surface area (TPSA) is 29.5 Å². The molecule has 2 nitrogen and oxygen atoms in total. The maximum absolute atomic E-state index is 10.3. The second kappa shape index (κ2) is 5.21. The number of hydrogen-bond acceptors (Lipinski definition) is 3. The first-order valence-corrected chi connectivity index (χ1v) is 6.86. The average molecular weight is 313 g/mol. The molecular weight excluding hydrogens is 300 g/mol. The van der Waals surface area contributed by atoms with Crippen molar-refractivity contribution in [3.8, 4) is 5.75 Å². The molecule has 0 spiro atoms. The van der Waals surface area contributed by atoms with Crippen LogP contribution in [0.3, 0.4) is 0 Å². The molecule has 0 fully saturated rings. The summed E-state index contributed by atoms with van der Waals surface area (Å²) in [6, 6.07) is 7.70. The van der Waals surface area contributed by atoms with E-state index in [1.807, 2.05) is 36.6 Å². The lowest BCUT2D eigenvalue weighted by Gasteiger charge is -2.12. The Bertz CT molecular complexity index is 522. The third-order valence-electron chi connectivity index (χ3n) is 2.64. The molecule has 17 heavy (non-hydrogen) atoms. The van der Waals surface area contributed by atoms with Gasteiger partial charge in [-0.15, -0.1) is 11.3 Å². The predicted octanol–water partition coefficient (Wildman–Crippen LogP) is 3.91. The molecule has 2 rings (SSSR count). The maximum Gasteiger partial charge on any atom is 0.122 e. The van der Waals surface area contributed by atoms with E-state index in [9.17, 15) is 5.11 Å². The summed E-state index contributed by atoms with van der Waals surface area (Å²) in [5.41, 5.74) is 1.91. The van der Waals surface area contributed by atoms with Gasteiger partial charge in [-0.25, -0.2) is 0 Å². The standard InChI is InChI=1S/C13H13BrO2S/c1-8-3-4-9(7-11(8)16-2)12(15)13-10(14)5-6-17-13/h3-7,12,15H,1-2H3. The monoisotopic (exact) mass is 312 g/mol. The molecule has 4 heteroatoms. The number of ether oxygens (including phenoxy) is 1. The summed E-state index contributed by atoms with van der Waals surface area (Å²) in [5.74, 6) is 0.800. The third kappa shape index (κ3) is 2.54. The van der Waals surface area contributed by atoms with E-state index in [-0.39, 0.29) is 0 Å². The summed E-state index contributed by atoms with van der Waals surface area (Å²) in [6.07, 6.45) is -0.612. The normalized spacial score (nSPS) is 12.5. The number of aliphatic hydroxyl groups excluding tert-OH is 1. The van der Waals surface area contributed by atoms with Gasteiger partial charge in [0.15, 0.2) is 0 Å². The van der Waals surface area contributed by atoms with E-state index in [2.05, 4.69) is 15.9 Å². The maximum atomic E-state index is 10.3. The average Bonchev–Trinajstić information content (AvgIpc) is 2.75. The number of benzene rings is 1. The van der Waals surface area contributed by atoms with E-state index in [1.165, 1.54) is 11.3 Å². The molecule has 1 atom stereocenters. The van der Waals surface area contributed by atoms with Crippen LogP contribution >= 0.6 is 27.3 Å². The minimum atomic E-state index is -0.612. The van der Waals surface area contributed by atoms with Gasteiger partial charge in [0.1, 0.15) is 11.9 Å². The quantitative estimate of drug-likeness (QED) is 0.931. The molecule has 90 valence electrons. The van der Waals surface area contributed by atoms with Crippen LogP contribution in [0.25, 0.3) is 0 Å². The van der Waals surface area contributed by atoms with Gasteiger partial charge in [0.2, 0.25) is 0 Å². The SMILES string of the molecule is COc1cc(C(O)c2sccc2Br)ccc1C. The highest BCUT2D eigenvalue weighted by Crippen LogP contribution is 2.34. The minimum absolute atomic E-state index is 0.612. The lowest BCUT2D eigenvalue weighted by atomic mass is 10.1. The predicted molar refractivity (Wildman–Crippen MR) is 73.8 cm³/mol. The van der Waals surface area contributed by atoms with Gasteiger partial charge in [0.25, 0.3) is 0 Å². The molecular formula is C13H13BrO2S. The van der Waals surface area contributed by atoms with Gasteiger partial charge in [0.05, 0.1) is 12.0 Å². The Morgan fingerprint density at radius 1 is 1.35 bits per heavy atom. The van der Waals surface area contributed by atoms with Crippen molar-refractivity contribution >= 4 is 27.3 Å². The van der Waals surface area contributed by atoms with Crippen LogP contribution in [-0.4, -0.2) is 12.2 Å². The second-order valence-corrected chi connectivity index (χ2v) is 5.57. The van der Waals surface area contributed by atoms with Crippen molar-refractivity contribution in [1.82, 2.24) is 0 Å². The lowest BCUT2D eigenvalue weighted by molar-refractivity contribution is 0.223. The molecule has 1 unspecified atom stereocenters. The van der Waals surface area contributed by atoms with Gasteiger partial charge in [0, 0.05) is 4.47 Å². The zero-order valence-electron chi connectivity index (χ0n) is 9.61. The molecule has 0 saturated carbocycles. The zero-order chi connectivity index (χ0) is 12.4. The first-order valence-electron chi connectivity index (χ1n) is 5.19. The first kappa shape index (κ1) is 12.6. The van der Waals surface area contributed by atoms with Crippen molar-refractivity contribution in [3.63, 3.8) is 0 Å². The summed E-state index contributed by atoms with van der Waals surface area (Å²) in [6.45, 7) is 1.98. The van der Waals surface area contributed by atoms with Gasteiger partial charge in [-0.3, -0.25) is 0 Å². The highest BCUT2D eigenvalue weighted by molar-refractivity contribution is 9.10. The fourth-order valence-electron chi connectivity index (χ4n) is 1.66. The van der Waals surface area contributed by atoms with Gasteiger partial charge in [-0.05, 0) is 51.5 Å². The molecule has 0 aliphatic carbocycles. The molecule has 1 aromatic carbocycles. The summed E-state index contributed by atoms with van der Waals surface area (Å²) in [4.78, 5) is 0.913. The van der Waals surface area contributed by atoms with Crippen molar-refractivity contribution in [2.45, 2.75) is 13.0 Å². The molecule has 2 aromatic rings. The van der Waals surface area contributed by atoms with E-state index in [0.29, 0.717) is 0 Å². The molecule has 0 aliphatic heterocycles. The Morgan fingerprint density at radius 3 is 2.71 bits per heavy atom. The summed E-state index contributed by atoms with van der Waals surface area (Å²) in [7, 11) is 1.64. The Balaban J connectivity index is 2.38. The molecule has 0 aliphatic rings. The number of aliphatic hydroxyl groups is 1. The summed E-state index contributed by atoms with van der Waals surface area (Å²) >= 11 is 4.97. The smallest absolute Gasteiger partial charge is 0.122 e. The van der Waals surface area contributed by atoms with E-state index in [1.54, 1.807) is 7.11 Å². The fourth-order valence-corrected chi connectivity index (χ4v) is 3.26. The lowest BCUT2D eigenvalue weighted by Crippen LogP contribution is -1.99. The summed E-state index contributed by atoms with van der Waals surface area (Å²) < 4.78 is 6.20. The van der Waals surface area contributed by atoms with Crippen LogP contribution in [0.5, 0.6) is 5.75 Å². The Labute approximate surface area is 113 Å². The number of halogens is 1. The van der Waals surface area contributed by atoms with Crippen LogP contribution in [0.1, 0.15) is 22.1 Å². The van der Waals surface area contributed by atoms with Gasteiger partial charge >= 0.3 is 0 Å². The third-order valence-corrected chi connectivity index (χ3v) is 4.56. The van der Waals surface area contributed by atoms with Crippen molar-refractivity contribution in [1.29, 1.82) is 0 Å². The van der Waals surface area contributed by atoms with Gasteiger partial charge in [-0.1, -0.05) is 12.1 Å². The highest BCUT2D eigenvalue weighted by atomic mass is 79.9. The van der Waals surface area contributed by atoms with Crippen molar-refractivity contribution in [2.24, 2.45) is 0 Å². The Kier molecular flexibility index (Phi) is 3.86. The van der Waals surface area contributed by atoms with Crippen molar-refractivity contribution in [3.05, 3.63) is 50.1 Å². The Hall–Kier alpha value is -0.840. The molecule has 1 aromatic heterocycles. The van der Waals surface area contributed by atoms with Gasteiger partial charge in [-0.2, -0.15) is 0 Å². The number of aryl methyl sites for hydroxylation is 1. The van der Waals surface area contributed by atoms with Crippen LogP contribution < -0.4 is 4.74 Å². The van der Waals surface area contributed by atoms with Crippen LogP contribution in [-0.2, 0) is 0 Å². The molecule has 0 saturated heterocycles. The van der Waals surface area contributed by atoms with Gasteiger partial charge < -0.3 is 9.84 Å². The molecule has 0 radical (unpaired) electrons. The number of hydrogen-bond donors (Lipinski definition) is 1. The van der Waals surface area contributed by atoms with E-state index in [4.69, 9.17) is 4.74 Å². The number of rotatable bonds is 3. The van der Waals surface area contributed by atoms with E-state index in [0.717, 1.165) is 26.2 Å². The Morgan fingerprint density at radius 2 is 2.12 bits per heavy atom. The summed E-state index contributed by atoms with van der Waals surface area (Å²) in [5, 5.41) is 12.2. The van der Waals surface area contributed by atoms with Crippen molar-refractivity contribution in [2.75, 3.05) is 7.11 Å². The highest BCUT2D eigenvalue weighted by Gasteiger charge is 2.16. The van der Waals surface area contributed by atoms with Crippen LogP contribution in [0.15, 0.2) is 34.1 Å². The van der Waals surface area contributed by atoms with Crippen molar-refractivity contribution < 1.29 is 9.84 Å². The van der Waals surface area contributed by atoms with Crippen LogP contribution in [0, 0.1) is 6.92 Å². The molecule has 0 bridgehead atoms. The minimum Gasteiger partial charge on any atom is -0.496 e. The van der Waals surface area contributed by atoms with Crippen LogP contribution in [0.2, 0.25) is 0 Å². The largest absolute Gasteiger partial charge is 0.496 e. The van der Waals surface area contributed by atoms with E-state index < -0.39 is 6.10 Å². The molecule has 1 N–H and O–H groups in total.